The van der Waals surface area contributed by atoms with Crippen LogP contribution in [0.25, 0.3) is 93.2 Å². The Morgan fingerprint density at radius 2 is 0.903 bits per heavy atom. The molecule has 0 fully saturated rings. The van der Waals surface area contributed by atoms with Crippen molar-refractivity contribution in [2.24, 2.45) is 0 Å². The molecule has 0 radical (unpaired) electrons. The summed E-state index contributed by atoms with van der Waals surface area (Å²) in [6, 6.07) is 47.0. The smallest absolute Gasteiger partial charge is 0.319 e. The standard InChI is InChI=1S/C56H42F3N3/c1-32-26-34(3)52(35(4)27-32)38-20-22-43-41-15-9-12-18-47(41)61(50(43)30-38)49-25-24-45(40-14-8-11-17-46(40)56(57,58)59)55(54(49)60-7)62-48-19-13-10-16-42(48)44-23-21-39(31-51(44)62)53-36(5)28-33(2)29-37(53)6/h8-31H,1-6H3. The van der Waals surface area contributed by atoms with Gasteiger partial charge >= 0.3 is 6.18 Å². The molecule has 2 aromatic heterocycles. The molecule has 0 saturated carbocycles. The highest BCUT2D eigenvalue weighted by atomic mass is 19.4. The van der Waals surface area contributed by atoms with E-state index in [9.17, 15) is 0 Å². The minimum atomic E-state index is -4.64. The molecule has 3 nitrogen and oxygen atoms in total. The molecule has 62 heavy (non-hydrogen) atoms. The van der Waals surface area contributed by atoms with Gasteiger partial charge in [-0.15, -0.1) is 0 Å². The van der Waals surface area contributed by atoms with Crippen LogP contribution < -0.4 is 0 Å². The third-order valence-electron chi connectivity index (χ3n) is 12.5. The summed E-state index contributed by atoms with van der Waals surface area (Å²) in [5.41, 5.74) is 15.4. The van der Waals surface area contributed by atoms with Crippen LogP contribution in [-0.2, 0) is 6.18 Å². The molecule has 2 heterocycles. The van der Waals surface area contributed by atoms with Crippen LogP contribution in [0.1, 0.15) is 38.9 Å². The Bertz CT molecular complexity index is 3490. The highest BCUT2D eigenvalue weighted by molar-refractivity contribution is 6.13. The number of benzene rings is 8. The van der Waals surface area contributed by atoms with Crippen LogP contribution in [0.15, 0.2) is 146 Å². The third-order valence-corrected chi connectivity index (χ3v) is 12.5. The normalized spacial score (nSPS) is 11.9. The van der Waals surface area contributed by atoms with Gasteiger partial charge in [0.15, 0.2) is 0 Å². The summed E-state index contributed by atoms with van der Waals surface area (Å²) >= 11 is 0. The summed E-state index contributed by atoms with van der Waals surface area (Å²) < 4.78 is 49.4. The van der Waals surface area contributed by atoms with Crippen LogP contribution in [-0.4, -0.2) is 9.13 Å². The van der Waals surface area contributed by atoms with Crippen molar-refractivity contribution in [3.63, 3.8) is 0 Å². The monoisotopic (exact) mass is 813 g/mol. The Morgan fingerprint density at radius 3 is 1.42 bits per heavy atom. The fraction of sp³-hybridized carbons (Fsp3) is 0.125. The Labute approximate surface area is 358 Å². The van der Waals surface area contributed by atoms with E-state index in [-0.39, 0.29) is 11.3 Å². The zero-order chi connectivity index (χ0) is 43.2. The van der Waals surface area contributed by atoms with Gasteiger partial charge in [-0.25, -0.2) is 4.85 Å². The number of halogens is 3. The molecule has 0 unspecified atom stereocenters. The lowest BCUT2D eigenvalue weighted by Crippen LogP contribution is -2.09. The van der Waals surface area contributed by atoms with E-state index in [1.54, 1.807) is 12.1 Å². The molecule has 8 aromatic carbocycles. The Morgan fingerprint density at radius 1 is 0.452 bits per heavy atom. The number of rotatable bonds is 5. The number of para-hydroxylation sites is 2. The second-order valence-electron chi connectivity index (χ2n) is 16.7. The van der Waals surface area contributed by atoms with Gasteiger partial charge in [-0.2, -0.15) is 13.2 Å². The number of hydrogen-bond donors (Lipinski definition) is 0. The van der Waals surface area contributed by atoms with Gasteiger partial charge in [0.2, 0.25) is 5.69 Å². The number of fused-ring (bicyclic) bond motifs is 6. The minimum absolute atomic E-state index is 0.00795. The summed E-state index contributed by atoms with van der Waals surface area (Å²) in [6.07, 6.45) is -4.64. The minimum Gasteiger partial charge on any atom is -0.319 e. The first-order valence-corrected chi connectivity index (χ1v) is 20.8. The summed E-state index contributed by atoms with van der Waals surface area (Å²) in [5.74, 6) is 0. The van der Waals surface area contributed by atoms with Gasteiger partial charge in [-0.3, -0.25) is 0 Å². The number of nitrogens with zero attached hydrogens (tertiary/aromatic N) is 3. The molecule has 0 aliphatic carbocycles. The van der Waals surface area contributed by atoms with Gasteiger partial charge in [0.25, 0.3) is 0 Å². The topological polar surface area (TPSA) is 14.2 Å². The molecule has 0 aliphatic rings. The third kappa shape index (κ3) is 6.02. The van der Waals surface area contributed by atoms with E-state index < -0.39 is 11.7 Å². The molecule has 0 spiro atoms. The summed E-state index contributed by atoms with van der Waals surface area (Å²) in [5, 5.41) is 3.91. The van der Waals surface area contributed by atoms with Crippen LogP contribution in [0, 0.1) is 48.1 Å². The van der Waals surface area contributed by atoms with Gasteiger partial charge in [0.05, 0.1) is 45.6 Å². The maximum Gasteiger partial charge on any atom is 0.417 e. The Kier molecular flexibility index (Phi) is 9.01. The second-order valence-corrected chi connectivity index (χ2v) is 16.7. The lowest BCUT2D eigenvalue weighted by atomic mass is 9.93. The van der Waals surface area contributed by atoms with E-state index in [4.69, 9.17) is 6.57 Å². The fourth-order valence-corrected chi connectivity index (χ4v) is 10.3. The van der Waals surface area contributed by atoms with Crippen LogP contribution in [0.3, 0.4) is 0 Å². The van der Waals surface area contributed by atoms with Crippen molar-refractivity contribution >= 4 is 49.3 Å². The molecule has 6 heteroatoms. The predicted octanol–water partition coefficient (Wildman–Crippen LogP) is 16.3. The molecular weight excluding hydrogens is 772 g/mol. The van der Waals surface area contributed by atoms with E-state index >= 15 is 13.2 Å². The average Bonchev–Trinajstić information content (AvgIpc) is 3.74. The Balaban J connectivity index is 1.36. The van der Waals surface area contributed by atoms with Crippen LogP contribution in [0.2, 0.25) is 0 Å². The number of aryl methyl sites for hydroxylation is 6. The van der Waals surface area contributed by atoms with Gasteiger partial charge in [-0.1, -0.05) is 120 Å². The van der Waals surface area contributed by atoms with E-state index in [1.807, 2.05) is 47.0 Å². The van der Waals surface area contributed by atoms with Crippen LogP contribution in [0.5, 0.6) is 0 Å². The molecular formula is C56H42F3N3. The van der Waals surface area contributed by atoms with E-state index in [1.165, 1.54) is 34.4 Å². The maximum absolute atomic E-state index is 15.1. The first-order chi connectivity index (χ1) is 29.8. The SMILES string of the molecule is [C-]#[N+]c1c(-n2c3ccccc3c3ccc(-c4c(C)cc(C)cc4C)cc32)ccc(-c2ccccc2C(F)(F)F)c1-n1c2ccccc2c2ccc(-c3c(C)cc(C)cc3C)cc21. The highest BCUT2D eigenvalue weighted by Crippen LogP contribution is 2.49. The van der Waals surface area contributed by atoms with Crippen LogP contribution >= 0.6 is 0 Å². The van der Waals surface area contributed by atoms with Crippen molar-refractivity contribution < 1.29 is 13.2 Å². The van der Waals surface area contributed by atoms with E-state index in [0.29, 0.717) is 16.9 Å². The first kappa shape index (κ1) is 38.8. The van der Waals surface area contributed by atoms with Gasteiger partial charge in [0.1, 0.15) is 0 Å². The van der Waals surface area contributed by atoms with Crippen molar-refractivity contribution in [2.75, 3.05) is 0 Å². The molecule has 10 aromatic rings. The zero-order valence-electron chi connectivity index (χ0n) is 35.3. The number of alkyl halides is 3. The molecule has 10 rings (SSSR count). The lowest BCUT2D eigenvalue weighted by Gasteiger charge is -2.22. The lowest BCUT2D eigenvalue weighted by molar-refractivity contribution is -0.137. The highest BCUT2D eigenvalue weighted by Gasteiger charge is 2.35. The van der Waals surface area contributed by atoms with E-state index in [2.05, 4.69) is 124 Å². The number of aromatic nitrogens is 2. The molecule has 0 saturated heterocycles. The van der Waals surface area contributed by atoms with Gasteiger partial charge in [-0.05, 0) is 134 Å². The van der Waals surface area contributed by atoms with Crippen molar-refractivity contribution in [1.82, 2.24) is 9.13 Å². The second kappa shape index (κ2) is 14.4. The maximum atomic E-state index is 15.1. The Hall–Kier alpha value is -7.36. The first-order valence-electron chi connectivity index (χ1n) is 20.8. The molecule has 302 valence electrons. The van der Waals surface area contributed by atoms with Gasteiger partial charge < -0.3 is 9.13 Å². The number of hydrogen-bond acceptors (Lipinski definition) is 0. The average molecular weight is 814 g/mol. The molecule has 0 N–H and O–H groups in total. The van der Waals surface area contributed by atoms with Crippen molar-refractivity contribution in [3.8, 4) is 44.8 Å². The molecule has 0 amide bonds. The van der Waals surface area contributed by atoms with Crippen molar-refractivity contribution in [2.45, 2.75) is 47.7 Å². The summed E-state index contributed by atoms with van der Waals surface area (Å²) in [7, 11) is 0. The predicted molar refractivity (Wildman–Crippen MR) is 251 cm³/mol. The van der Waals surface area contributed by atoms with Crippen molar-refractivity contribution in [3.05, 3.63) is 196 Å². The zero-order valence-corrected chi connectivity index (χ0v) is 35.3. The molecule has 0 aliphatic heterocycles. The quantitative estimate of drug-likeness (QED) is 0.154. The molecule has 0 bridgehead atoms. The largest absolute Gasteiger partial charge is 0.417 e. The molecule has 0 atom stereocenters. The van der Waals surface area contributed by atoms with E-state index in [0.717, 1.165) is 83.1 Å². The van der Waals surface area contributed by atoms with Gasteiger partial charge in [0, 0.05) is 21.5 Å². The summed E-state index contributed by atoms with van der Waals surface area (Å²) in [4.78, 5) is 4.35. The van der Waals surface area contributed by atoms with Crippen molar-refractivity contribution in [1.29, 1.82) is 0 Å². The fourth-order valence-electron chi connectivity index (χ4n) is 10.3. The summed E-state index contributed by atoms with van der Waals surface area (Å²) in [6.45, 7) is 21.8. The van der Waals surface area contributed by atoms with Crippen LogP contribution in [0.4, 0.5) is 18.9 Å².